The van der Waals surface area contributed by atoms with Crippen molar-refractivity contribution < 1.29 is 8.60 Å². The molecule has 4 unspecified atom stereocenters. The molecule has 0 aliphatic heterocycles. The molecule has 0 aromatic heterocycles. The highest BCUT2D eigenvalue weighted by Crippen LogP contribution is 2.34. The number of nitrogen functional groups attached to an aromatic ring is 1. The Morgan fingerprint density at radius 3 is 2.56 bits per heavy atom. The Morgan fingerprint density at radius 1 is 1.22 bits per heavy atom. The van der Waals surface area contributed by atoms with Crippen LogP contribution in [-0.2, 0) is 10.8 Å². The van der Waals surface area contributed by atoms with Gasteiger partial charge in [0, 0.05) is 15.8 Å². The van der Waals surface area contributed by atoms with Crippen LogP contribution >= 0.6 is 0 Å². The maximum absolute atomic E-state index is 13.3. The van der Waals surface area contributed by atoms with Gasteiger partial charge in [0.2, 0.25) is 0 Å². The number of hydrogen-bond acceptors (Lipinski definition) is 2. The van der Waals surface area contributed by atoms with Crippen molar-refractivity contribution in [3.63, 3.8) is 0 Å². The molecule has 0 heterocycles. The summed E-state index contributed by atoms with van der Waals surface area (Å²) in [4.78, 5) is 0.527. The van der Waals surface area contributed by atoms with Gasteiger partial charge in [0.15, 0.2) is 0 Å². The first-order valence-corrected chi connectivity index (χ1v) is 7.65. The molecule has 100 valence electrons. The van der Waals surface area contributed by atoms with E-state index in [0.29, 0.717) is 22.4 Å². The van der Waals surface area contributed by atoms with Crippen molar-refractivity contribution in [2.75, 3.05) is 5.73 Å². The maximum atomic E-state index is 13.3. The summed E-state index contributed by atoms with van der Waals surface area (Å²) < 4.78 is 25.7. The number of benzene rings is 1. The minimum atomic E-state index is -1.15. The van der Waals surface area contributed by atoms with E-state index in [-0.39, 0.29) is 5.25 Å². The van der Waals surface area contributed by atoms with E-state index >= 15 is 0 Å². The van der Waals surface area contributed by atoms with Crippen LogP contribution in [0.4, 0.5) is 10.1 Å². The van der Waals surface area contributed by atoms with Crippen LogP contribution in [0.25, 0.3) is 0 Å². The van der Waals surface area contributed by atoms with Gasteiger partial charge in [-0.2, -0.15) is 0 Å². The van der Waals surface area contributed by atoms with Crippen molar-refractivity contribution in [1.29, 1.82) is 0 Å². The molecule has 18 heavy (non-hydrogen) atoms. The van der Waals surface area contributed by atoms with Crippen LogP contribution in [0.15, 0.2) is 23.1 Å². The lowest BCUT2D eigenvalue weighted by molar-refractivity contribution is 0.281. The van der Waals surface area contributed by atoms with Gasteiger partial charge in [0.25, 0.3) is 0 Å². The highest BCUT2D eigenvalue weighted by Gasteiger charge is 2.29. The molecule has 1 aliphatic carbocycles. The Labute approximate surface area is 110 Å². The summed E-state index contributed by atoms with van der Waals surface area (Å²) in [6.45, 7) is 4.44. The molecule has 2 rings (SSSR count). The molecule has 0 bridgehead atoms. The van der Waals surface area contributed by atoms with Crippen molar-refractivity contribution in [1.82, 2.24) is 0 Å². The predicted molar refractivity (Wildman–Crippen MR) is 73.2 cm³/mol. The third-order valence-electron chi connectivity index (χ3n) is 3.98. The second kappa shape index (κ2) is 5.39. The van der Waals surface area contributed by atoms with Crippen molar-refractivity contribution in [3.05, 3.63) is 24.0 Å². The summed E-state index contributed by atoms with van der Waals surface area (Å²) in [5.41, 5.74) is 5.94. The fourth-order valence-electron chi connectivity index (χ4n) is 2.59. The Hall–Kier alpha value is -0.900. The van der Waals surface area contributed by atoms with E-state index in [1.54, 1.807) is 6.07 Å². The minimum absolute atomic E-state index is 0.136. The average molecular weight is 269 g/mol. The van der Waals surface area contributed by atoms with E-state index in [1.807, 2.05) is 0 Å². The third-order valence-corrected chi connectivity index (χ3v) is 5.71. The zero-order valence-electron chi connectivity index (χ0n) is 10.9. The molecule has 2 nitrogen and oxygen atoms in total. The van der Waals surface area contributed by atoms with Crippen molar-refractivity contribution in [3.8, 4) is 0 Å². The molecule has 1 aromatic rings. The lowest BCUT2D eigenvalue weighted by atomic mass is 9.81. The summed E-state index contributed by atoms with van der Waals surface area (Å²) in [6.07, 6.45) is 3.00. The van der Waals surface area contributed by atoms with Crippen LogP contribution in [-0.4, -0.2) is 9.46 Å². The molecule has 4 heteroatoms. The van der Waals surface area contributed by atoms with Gasteiger partial charge >= 0.3 is 0 Å². The SMILES string of the molecule is CC1CCC(S(=O)c2cc(N)cc(F)c2)CC1C. The molecule has 2 N–H and O–H groups in total. The molecule has 0 saturated heterocycles. The molecule has 4 atom stereocenters. The van der Waals surface area contributed by atoms with E-state index in [0.717, 1.165) is 19.3 Å². The first-order chi connectivity index (χ1) is 8.47. The van der Waals surface area contributed by atoms with Crippen LogP contribution in [0.2, 0.25) is 0 Å². The minimum Gasteiger partial charge on any atom is -0.399 e. The van der Waals surface area contributed by atoms with Crippen LogP contribution in [0.5, 0.6) is 0 Å². The zero-order valence-corrected chi connectivity index (χ0v) is 11.7. The van der Waals surface area contributed by atoms with E-state index in [1.165, 1.54) is 12.1 Å². The number of hydrogen-bond donors (Lipinski definition) is 1. The highest BCUT2D eigenvalue weighted by molar-refractivity contribution is 7.85. The lowest BCUT2D eigenvalue weighted by Gasteiger charge is -2.31. The zero-order chi connectivity index (χ0) is 13.3. The van der Waals surface area contributed by atoms with Crippen LogP contribution in [0.1, 0.15) is 33.1 Å². The van der Waals surface area contributed by atoms with Crippen molar-refractivity contribution >= 4 is 16.5 Å². The fraction of sp³-hybridized carbons (Fsp3) is 0.571. The Balaban J connectivity index is 2.16. The second-order valence-electron chi connectivity index (χ2n) is 5.41. The maximum Gasteiger partial charge on any atom is 0.126 e. The molecule has 0 spiro atoms. The molecular weight excluding hydrogens is 249 g/mol. The van der Waals surface area contributed by atoms with Gasteiger partial charge in [-0.15, -0.1) is 0 Å². The number of halogens is 1. The molecule has 1 saturated carbocycles. The van der Waals surface area contributed by atoms with Gasteiger partial charge in [-0.25, -0.2) is 4.39 Å². The molecule has 0 radical (unpaired) electrons. The Kier molecular flexibility index (Phi) is 4.05. The fourth-order valence-corrected chi connectivity index (χ4v) is 4.28. The smallest absolute Gasteiger partial charge is 0.126 e. The summed E-state index contributed by atoms with van der Waals surface area (Å²) in [5.74, 6) is 0.866. The third kappa shape index (κ3) is 2.91. The van der Waals surface area contributed by atoms with Crippen LogP contribution in [0.3, 0.4) is 0 Å². The topological polar surface area (TPSA) is 43.1 Å². The average Bonchev–Trinajstić information content (AvgIpc) is 2.30. The van der Waals surface area contributed by atoms with Crippen molar-refractivity contribution in [2.24, 2.45) is 11.8 Å². The van der Waals surface area contributed by atoms with Gasteiger partial charge in [-0.05, 0) is 49.3 Å². The number of rotatable bonds is 2. The van der Waals surface area contributed by atoms with Gasteiger partial charge in [0.1, 0.15) is 5.82 Å². The van der Waals surface area contributed by atoms with E-state index in [2.05, 4.69) is 13.8 Å². The normalized spacial score (nSPS) is 30.1. The summed E-state index contributed by atoms with van der Waals surface area (Å²) in [6, 6.07) is 4.23. The Bertz CT molecular complexity index is 443. The largest absolute Gasteiger partial charge is 0.399 e. The number of nitrogens with two attached hydrogens (primary N) is 1. The van der Waals surface area contributed by atoms with E-state index < -0.39 is 16.6 Å². The quantitative estimate of drug-likeness (QED) is 0.837. The van der Waals surface area contributed by atoms with E-state index in [4.69, 9.17) is 5.73 Å². The van der Waals surface area contributed by atoms with Gasteiger partial charge in [-0.3, -0.25) is 4.21 Å². The van der Waals surface area contributed by atoms with E-state index in [9.17, 15) is 8.60 Å². The first kappa shape index (κ1) is 13.5. The monoisotopic (exact) mass is 269 g/mol. The first-order valence-electron chi connectivity index (χ1n) is 6.44. The molecule has 1 aliphatic rings. The molecule has 1 aromatic carbocycles. The Morgan fingerprint density at radius 2 is 1.94 bits per heavy atom. The lowest BCUT2D eigenvalue weighted by Crippen LogP contribution is -2.28. The van der Waals surface area contributed by atoms with Crippen LogP contribution < -0.4 is 5.73 Å². The summed E-state index contributed by atoms with van der Waals surface area (Å²) in [5, 5.41) is 0.136. The second-order valence-corrected chi connectivity index (χ2v) is 7.14. The van der Waals surface area contributed by atoms with Gasteiger partial charge < -0.3 is 5.73 Å². The van der Waals surface area contributed by atoms with Gasteiger partial charge in [0.05, 0.1) is 10.8 Å². The predicted octanol–water partition coefficient (Wildman–Crippen LogP) is 3.34. The molecular formula is C14H20FNOS. The number of anilines is 1. The summed E-state index contributed by atoms with van der Waals surface area (Å²) in [7, 11) is -1.15. The van der Waals surface area contributed by atoms with Crippen LogP contribution in [0, 0.1) is 17.7 Å². The van der Waals surface area contributed by atoms with Gasteiger partial charge in [-0.1, -0.05) is 13.8 Å². The summed E-state index contributed by atoms with van der Waals surface area (Å²) >= 11 is 0. The van der Waals surface area contributed by atoms with Crippen molar-refractivity contribution in [2.45, 2.75) is 43.3 Å². The molecule has 0 amide bonds. The standard InChI is InChI=1S/C14H20FNOS/c1-9-3-4-13(5-10(9)2)18(17)14-7-11(15)6-12(16)8-14/h6-10,13H,3-5,16H2,1-2H3. The highest BCUT2D eigenvalue weighted by atomic mass is 32.2. The molecule has 1 fully saturated rings.